The largest absolute Gasteiger partial charge is 0.339 e. The number of carbonyl (C=O) groups is 1. The van der Waals surface area contributed by atoms with Crippen LogP contribution in [0.15, 0.2) is 24.3 Å². The van der Waals surface area contributed by atoms with E-state index in [1.165, 1.54) is 11.1 Å². The van der Waals surface area contributed by atoms with Crippen LogP contribution in [0.5, 0.6) is 0 Å². The molecule has 0 aromatic heterocycles. The molecule has 1 unspecified atom stereocenters. The lowest BCUT2D eigenvalue weighted by Gasteiger charge is -2.25. The van der Waals surface area contributed by atoms with Gasteiger partial charge in [0.2, 0.25) is 5.91 Å². The molecule has 1 atom stereocenters. The van der Waals surface area contributed by atoms with Gasteiger partial charge in [0.1, 0.15) is 0 Å². The Hall–Kier alpha value is -1.31. The second kappa shape index (κ2) is 5.69. The van der Waals surface area contributed by atoms with Crippen molar-refractivity contribution in [3.63, 3.8) is 0 Å². The maximum Gasteiger partial charge on any atom is 0.222 e. The summed E-state index contributed by atoms with van der Waals surface area (Å²) in [4.78, 5) is 13.6. The number of benzene rings is 1. The fourth-order valence-electron chi connectivity index (χ4n) is 1.67. The minimum atomic E-state index is 0.152. The summed E-state index contributed by atoms with van der Waals surface area (Å²) in [5.74, 6) is 0.218. The van der Waals surface area contributed by atoms with Gasteiger partial charge in [-0.25, -0.2) is 0 Å². The predicted molar refractivity (Wildman–Crippen MR) is 67.3 cm³/mol. The first-order valence-corrected chi connectivity index (χ1v) is 5.88. The normalized spacial score (nSPS) is 12.2. The van der Waals surface area contributed by atoms with E-state index in [-0.39, 0.29) is 11.9 Å². The van der Waals surface area contributed by atoms with Crippen molar-refractivity contribution in [3.8, 4) is 0 Å². The summed E-state index contributed by atoms with van der Waals surface area (Å²) in [5, 5.41) is 0. The van der Waals surface area contributed by atoms with Crippen molar-refractivity contribution in [2.75, 3.05) is 7.05 Å². The Morgan fingerprint density at radius 3 is 2.38 bits per heavy atom. The third-order valence-electron chi connectivity index (χ3n) is 3.00. The average molecular weight is 219 g/mol. The molecule has 0 radical (unpaired) electrons. The zero-order valence-corrected chi connectivity index (χ0v) is 10.7. The van der Waals surface area contributed by atoms with Gasteiger partial charge in [-0.05, 0) is 25.8 Å². The fourth-order valence-corrected chi connectivity index (χ4v) is 1.67. The van der Waals surface area contributed by atoms with Crippen molar-refractivity contribution >= 4 is 5.91 Å². The van der Waals surface area contributed by atoms with E-state index < -0.39 is 0 Å². The molecule has 0 saturated carbocycles. The Bertz CT molecular complexity index is 342. The number of carbonyl (C=O) groups excluding carboxylic acids is 1. The predicted octanol–water partition coefficient (Wildman–Crippen LogP) is 3.31. The number of rotatable bonds is 4. The van der Waals surface area contributed by atoms with Crippen LogP contribution in [0.25, 0.3) is 0 Å². The van der Waals surface area contributed by atoms with Gasteiger partial charge in [-0.15, -0.1) is 0 Å². The van der Waals surface area contributed by atoms with Crippen molar-refractivity contribution < 1.29 is 4.79 Å². The Morgan fingerprint density at radius 1 is 1.31 bits per heavy atom. The topological polar surface area (TPSA) is 20.3 Å². The van der Waals surface area contributed by atoms with Crippen LogP contribution in [0.2, 0.25) is 0 Å². The highest BCUT2D eigenvalue weighted by Gasteiger charge is 2.15. The monoisotopic (exact) mass is 219 g/mol. The van der Waals surface area contributed by atoms with Gasteiger partial charge in [-0.3, -0.25) is 4.79 Å². The first-order chi connectivity index (χ1) is 7.56. The van der Waals surface area contributed by atoms with Gasteiger partial charge in [0.25, 0.3) is 0 Å². The zero-order valence-electron chi connectivity index (χ0n) is 10.7. The molecule has 0 N–H and O–H groups in total. The van der Waals surface area contributed by atoms with Gasteiger partial charge in [0.15, 0.2) is 0 Å². The third-order valence-corrected chi connectivity index (χ3v) is 3.00. The lowest BCUT2D eigenvalue weighted by Crippen LogP contribution is -2.29. The highest BCUT2D eigenvalue weighted by molar-refractivity contribution is 5.76. The van der Waals surface area contributed by atoms with Crippen LogP contribution in [0.1, 0.15) is 43.9 Å². The number of nitrogens with zero attached hydrogens (tertiary/aromatic N) is 1. The summed E-state index contributed by atoms with van der Waals surface area (Å²) in [7, 11) is 1.88. The van der Waals surface area contributed by atoms with Crippen molar-refractivity contribution in [1.29, 1.82) is 0 Å². The molecule has 0 saturated heterocycles. The molecular formula is C14H21NO. The molecule has 0 bridgehead atoms. The van der Waals surface area contributed by atoms with Crippen molar-refractivity contribution in [3.05, 3.63) is 35.4 Å². The molecule has 0 aliphatic rings. The van der Waals surface area contributed by atoms with Gasteiger partial charge in [-0.1, -0.05) is 36.8 Å². The quantitative estimate of drug-likeness (QED) is 0.760. The molecule has 0 heterocycles. The second-order valence-corrected chi connectivity index (χ2v) is 4.34. The van der Waals surface area contributed by atoms with Crippen LogP contribution in [0, 0.1) is 6.92 Å². The Labute approximate surface area is 98.3 Å². The maximum atomic E-state index is 11.8. The summed E-state index contributed by atoms with van der Waals surface area (Å²) < 4.78 is 0. The lowest BCUT2D eigenvalue weighted by molar-refractivity contribution is -0.131. The first-order valence-electron chi connectivity index (χ1n) is 5.88. The van der Waals surface area contributed by atoms with Crippen LogP contribution in [0.3, 0.4) is 0 Å². The molecule has 0 aliphatic carbocycles. The highest BCUT2D eigenvalue weighted by Crippen LogP contribution is 2.19. The molecule has 2 nitrogen and oxygen atoms in total. The summed E-state index contributed by atoms with van der Waals surface area (Å²) in [5.41, 5.74) is 2.44. The molecule has 1 rings (SSSR count). The molecule has 88 valence electrons. The summed E-state index contributed by atoms with van der Waals surface area (Å²) in [6.45, 7) is 6.17. The minimum absolute atomic E-state index is 0.152. The molecule has 1 aromatic carbocycles. The molecule has 1 aromatic rings. The van der Waals surface area contributed by atoms with Gasteiger partial charge in [0.05, 0.1) is 6.04 Å². The van der Waals surface area contributed by atoms with E-state index in [0.29, 0.717) is 6.42 Å². The van der Waals surface area contributed by atoms with E-state index >= 15 is 0 Å². The van der Waals surface area contributed by atoms with Crippen LogP contribution >= 0.6 is 0 Å². The van der Waals surface area contributed by atoms with E-state index in [4.69, 9.17) is 0 Å². The molecule has 0 fully saturated rings. The summed E-state index contributed by atoms with van der Waals surface area (Å²) >= 11 is 0. The molecule has 0 aliphatic heterocycles. The number of hydrogen-bond acceptors (Lipinski definition) is 1. The minimum Gasteiger partial charge on any atom is -0.339 e. The highest BCUT2D eigenvalue weighted by atomic mass is 16.2. The molecular weight excluding hydrogens is 198 g/mol. The standard InChI is InChI=1S/C14H21NO/c1-5-6-14(16)15(4)12(3)13-9-7-11(2)8-10-13/h7-10,12H,5-6H2,1-4H3. The van der Waals surface area contributed by atoms with E-state index in [1.807, 2.05) is 18.9 Å². The number of aryl methyl sites for hydroxylation is 1. The lowest BCUT2D eigenvalue weighted by atomic mass is 10.1. The Balaban J connectivity index is 2.73. The van der Waals surface area contributed by atoms with Gasteiger partial charge in [-0.2, -0.15) is 0 Å². The summed E-state index contributed by atoms with van der Waals surface area (Å²) in [6.07, 6.45) is 1.54. The van der Waals surface area contributed by atoms with E-state index in [0.717, 1.165) is 6.42 Å². The van der Waals surface area contributed by atoms with E-state index in [2.05, 4.69) is 38.1 Å². The van der Waals surface area contributed by atoms with E-state index in [1.54, 1.807) is 0 Å². The Kier molecular flexibility index (Phi) is 4.53. The van der Waals surface area contributed by atoms with E-state index in [9.17, 15) is 4.79 Å². The average Bonchev–Trinajstić information content (AvgIpc) is 2.28. The number of hydrogen-bond donors (Lipinski definition) is 0. The number of amides is 1. The summed E-state index contributed by atoms with van der Waals surface area (Å²) in [6, 6.07) is 8.51. The van der Waals surface area contributed by atoms with Crippen LogP contribution in [-0.2, 0) is 4.79 Å². The van der Waals surface area contributed by atoms with Crippen molar-refractivity contribution in [1.82, 2.24) is 4.90 Å². The van der Waals surface area contributed by atoms with Gasteiger partial charge in [0, 0.05) is 13.5 Å². The SMILES string of the molecule is CCCC(=O)N(C)C(C)c1ccc(C)cc1. The Morgan fingerprint density at radius 2 is 1.88 bits per heavy atom. The van der Waals surface area contributed by atoms with Crippen LogP contribution in [0.4, 0.5) is 0 Å². The molecule has 2 heteroatoms. The van der Waals surface area contributed by atoms with Crippen molar-refractivity contribution in [2.45, 2.75) is 39.7 Å². The molecule has 0 spiro atoms. The molecule has 1 amide bonds. The van der Waals surface area contributed by atoms with Crippen LogP contribution < -0.4 is 0 Å². The second-order valence-electron chi connectivity index (χ2n) is 4.34. The third kappa shape index (κ3) is 3.09. The van der Waals surface area contributed by atoms with Gasteiger partial charge >= 0.3 is 0 Å². The van der Waals surface area contributed by atoms with Crippen molar-refractivity contribution in [2.24, 2.45) is 0 Å². The molecule has 16 heavy (non-hydrogen) atoms. The fraction of sp³-hybridized carbons (Fsp3) is 0.500. The zero-order chi connectivity index (χ0) is 12.1. The van der Waals surface area contributed by atoms with Gasteiger partial charge < -0.3 is 4.90 Å². The smallest absolute Gasteiger partial charge is 0.222 e. The maximum absolute atomic E-state index is 11.8. The van der Waals surface area contributed by atoms with Crippen LogP contribution in [-0.4, -0.2) is 17.9 Å². The first kappa shape index (κ1) is 12.8.